The summed E-state index contributed by atoms with van der Waals surface area (Å²) in [6.07, 6.45) is 0. The Morgan fingerprint density at radius 2 is 1.95 bits per heavy atom. The van der Waals surface area contributed by atoms with E-state index in [0.717, 1.165) is 0 Å². The molecule has 2 aromatic carbocycles. The summed E-state index contributed by atoms with van der Waals surface area (Å²) in [6.45, 7) is -0.241. The number of rotatable bonds is 4. The van der Waals surface area contributed by atoms with Crippen molar-refractivity contribution in [3.8, 4) is 23.3 Å². The van der Waals surface area contributed by atoms with Crippen molar-refractivity contribution in [3.63, 3.8) is 0 Å². The molecule has 102 valence electrons. The van der Waals surface area contributed by atoms with Gasteiger partial charge in [-0.3, -0.25) is 0 Å². The summed E-state index contributed by atoms with van der Waals surface area (Å²) in [4.78, 5) is 0. The minimum absolute atomic E-state index is 0.0133. The number of halogens is 1. The third-order valence-corrected chi connectivity index (χ3v) is 2.65. The largest absolute Gasteiger partial charge is 0.497 e. The smallest absolute Gasteiger partial charge is 0.166 e. The van der Waals surface area contributed by atoms with Crippen molar-refractivity contribution in [3.05, 3.63) is 53.3 Å². The van der Waals surface area contributed by atoms with E-state index in [9.17, 15) is 4.39 Å². The second-order valence-corrected chi connectivity index (χ2v) is 4.03. The average Bonchev–Trinajstić information content (AvgIpc) is 2.48. The van der Waals surface area contributed by atoms with Gasteiger partial charge >= 0.3 is 0 Å². The Hall–Kier alpha value is -2.58. The van der Waals surface area contributed by atoms with Gasteiger partial charge in [-0.15, -0.1) is 0 Å². The number of benzene rings is 2. The van der Waals surface area contributed by atoms with E-state index in [1.807, 2.05) is 6.07 Å². The highest BCUT2D eigenvalue weighted by Gasteiger charge is 2.08. The second-order valence-electron chi connectivity index (χ2n) is 4.03. The van der Waals surface area contributed by atoms with Crippen LogP contribution in [-0.2, 0) is 6.61 Å². The molecule has 1 N–H and O–H groups in total. The lowest BCUT2D eigenvalue weighted by Gasteiger charge is -2.09. The van der Waals surface area contributed by atoms with Crippen LogP contribution >= 0.6 is 0 Å². The molecule has 0 heterocycles. The van der Waals surface area contributed by atoms with Crippen molar-refractivity contribution >= 4 is 0 Å². The van der Waals surface area contributed by atoms with E-state index in [-0.39, 0.29) is 12.4 Å². The molecule has 2 rings (SSSR count). The fourth-order valence-electron chi connectivity index (χ4n) is 1.67. The van der Waals surface area contributed by atoms with Crippen LogP contribution in [0.4, 0.5) is 4.39 Å². The van der Waals surface area contributed by atoms with Crippen LogP contribution in [0.25, 0.3) is 0 Å². The lowest BCUT2D eigenvalue weighted by atomic mass is 10.2. The molecule has 0 radical (unpaired) electrons. The molecule has 0 aliphatic rings. The summed E-state index contributed by atoms with van der Waals surface area (Å²) in [5.74, 6) is 0.181. The van der Waals surface area contributed by atoms with Gasteiger partial charge in [0.1, 0.15) is 11.5 Å². The zero-order valence-corrected chi connectivity index (χ0v) is 10.8. The fraction of sp³-hybridized carbons (Fsp3) is 0.133. The topological polar surface area (TPSA) is 62.5 Å². The van der Waals surface area contributed by atoms with E-state index in [1.54, 1.807) is 18.2 Å². The third kappa shape index (κ3) is 3.05. The predicted molar refractivity (Wildman–Crippen MR) is 70.1 cm³/mol. The average molecular weight is 273 g/mol. The van der Waals surface area contributed by atoms with Crippen LogP contribution in [0.5, 0.6) is 17.2 Å². The Morgan fingerprint density at radius 3 is 2.55 bits per heavy atom. The van der Waals surface area contributed by atoms with E-state index in [0.29, 0.717) is 22.6 Å². The molecule has 0 aliphatic carbocycles. The predicted octanol–water partition coefficient (Wildman–Crippen LogP) is 2.99. The summed E-state index contributed by atoms with van der Waals surface area (Å²) >= 11 is 0. The van der Waals surface area contributed by atoms with Crippen molar-refractivity contribution in [2.24, 2.45) is 0 Å². The van der Waals surface area contributed by atoms with Gasteiger partial charge in [-0.1, -0.05) is 6.07 Å². The highest BCUT2D eigenvalue weighted by atomic mass is 19.1. The second kappa shape index (κ2) is 6.04. The molecule has 2 aromatic rings. The Bertz CT molecular complexity index is 665. The molecule has 0 saturated heterocycles. The Kier molecular flexibility index (Phi) is 4.18. The van der Waals surface area contributed by atoms with E-state index >= 15 is 0 Å². The van der Waals surface area contributed by atoms with Gasteiger partial charge in [-0.2, -0.15) is 5.26 Å². The van der Waals surface area contributed by atoms with E-state index < -0.39 is 5.82 Å². The normalized spacial score (nSPS) is 9.90. The molecule has 0 aromatic heterocycles. The van der Waals surface area contributed by atoms with Crippen molar-refractivity contribution in [2.45, 2.75) is 6.61 Å². The molecule has 0 saturated carbocycles. The van der Waals surface area contributed by atoms with Crippen molar-refractivity contribution in [1.29, 1.82) is 5.26 Å². The van der Waals surface area contributed by atoms with Gasteiger partial charge < -0.3 is 14.6 Å². The lowest BCUT2D eigenvalue weighted by Crippen LogP contribution is -1.93. The zero-order valence-electron chi connectivity index (χ0n) is 10.8. The molecule has 20 heavy (non-hydrogen) atoms. The van der Waals surface area contributed by atoms with Crippen LogP contribution in [0.2, 0.25) is 0 Å². The summed E-state index contributed by atoms with van der Waals surface area (Å²) < 4.78 is 24.2. The van der Waals surface area contributed by atoms with Gasteiger partial charge in [0.2, 0.25) is 0 Å². The highest BCUT2D eigenvalue weighted by Crippen LogP contribution is 2.29. The first-order valence-electron chi connectivity index (χ1n) is 5.82. The maximum Gasteiger partial charge on any atom is 0.166 e. The van der Waals surface area contributed by atoms with Gasteiger partial charge in [0.25, 0.3) is 0 Å². The number of methoxy groups -OCH3 is 1. The molecule has 4 nitrogen and oxygen atoms in total. The van der Waals surface area contributed by atoms with Crippen molar-refractivity contribution < 1.29 is 19.0 Å². The number of aliphatic hydroxyl groups is 1. The molecule has 0 aliphatic heterocycles. The Labute approximate surface area is 115 Å². The van der Waals surface area contributed by atoms with Crippen LogP contribution in [0.1, 0.15) is 11.1 Å². The van der Waals surface area contributed by atoms with Crippen LogP contribution in [0.15, 0.2) is 36.4 Å². The number of hydrogen-bond acceptors (Lipinski definition) is 4. The first-order chi connectivity index (χ1) is 9.66. The first kappa shape index (κ1) is 13.8. The number of aliphatic hydroxyl groups excluding tert-OH is 1. The minimum atomic E-state index is -0.585. The summed E-state index contributed by atoms with van der Waals surface area (Å²) in [7, 11) is 1.47. The van der Waals surface area contributed by atoms with Crippen LogP contribution in [0.3, 0.4) is 0 Å². The van der Waals surface area contributed by atoms with Crippen molar-refractivity contribution in [2.75, 3.05) is 7.11 Å². The standard InChI is InChI=1S/C15H12FNO3/c1-19-12-4-11(8-17)5-13(7-12)20-15-3-2-10(9-18)6-14(15)16/h2-7,18H,9H2,1H3. The Balaban J connectivity index is 2.32. The summed E-state index contributed by atoms with van der Waals surface area (Å²) in [5, 5.41) is 17.8. The van der Waals surface area contributed by atoms with Crippen molar-refractivity contribution in [1.82, 2.24) is 0 Å². The van der Waals surface area contributed by atoms with Crippen LogP contribution in [0, 0.1) is 17.1 Å². The van der Waals surface area contributed by atoms with Gasteiger partial charge in [-0.05, 0) is 29.8 Å². The molecular formula is C15H12FNO3. The molecule has 0 unspecified atom stereocenters. The zero-order chi connectivity index (χ0) is 14.5. The lowest BCUT2D eigenvalue weighted by molar-refractivity contribution is 0.281. The molecule has 0 spiro atoms. The number of hydrogen-bond donors (Lipinski definition) is 1. The summed E-state index contributed by atoms with van der Waals surface area (Å²) in [5.41, 5.74) is 0.810. The van der Waals surface area contributed by atoms with E-state index in [2.05, 4.69) is 0 Å². The SMILES string of the molecule is COc1cc(C#N)cc(Oc2ccc(CO)cc2F)c1. The molecular weight excluding hydrogens is 261 g/mol. The number of nitriles is 1. The maximum atomic E-state index is 13.8. The third-order valence-electron chi connectivity index (χ3n) is 2.65. The molecule has 0 atom stereocenters. The van der Waals surface area contributed by atoms with E-state index in [1.165, 1.54) is 25.3 Å². The monoisotopic (exact) mass is 273 g/mol. The van der Waals surface area contributed by atoms with Gasteiger partial charge in [0.05, 0.1) is 25.3 Å². The number of ether oxygens (including phenoxy) is 2. The fourth-order valence-corrected chi connectivity index (χ4v) is 1.67. The minimum Gasteiger partial charge on any atom is -0.497 e. The first-order valence-corrected chi connectivity index (χ1v) is 5.82. The molecule has 0 fully saturated rings. The van der Waals surface area contributed by atoms with Gasteiger partial charge in [0, 0.05) is 6.07 Å². The maximum absolute atomic E-state index is 13.8. The van der Waals surface area contributed by atoms with Gasteiger partial charge in [0.15, 0.2) is 11.6 Å². The molecule has 0 amide bonds. The van der Waals surface area contributed by atoms with Gasteiger partial charge in [-0.25, -0.2) is 4.39 Å². The molecule has 5 heteroatoms. The summed E-state index contributed by atoms with van der Waals surface area (Å²) in [6, 6.07) is 10.7. The Morgan fingerprint density at radius 1 is 1.20 bits per heavy atom. The number of nitrogens with zero attached hydrogens (tertiary/aromatic N) is 1. The molecule has 0 bridgehead atoms. The van der Waals surface area contributed by atoms with Crippen LogP contribution in [-0.4, -0.2) is 12.2 Å². The van der Waals surface area contributed by atoms with E-state index in [4.69, 9.17) is 19.8 Å². The quantitative estimate of drug-likeness (QED) is 0.930. The highest BCUT2D eigenvalue weighted by molar-refractivity contribution is 5.45. The van der Waals surface area contributed by atoms with Crippen LogP contribution < -0.4 is 9.47 Å².